The molecule has 7 heteroatoms. The minimum Gasteiger partial charge on any atom is -0.342 e. The molecule has 1 saturated heterocycles. The Hall–Kier alpha value is -1.08. The summed E-state index contributed by atoms with van der Waals surface area (Å²) in [5, 5.41) is -0.290. The first-order valence-electron chi connectivity index (χ1n) is 7.90. The van der Waals surface area contributed by atoms with Crippen molar-refractivity contribution in [1.82, 2.24) is 9.88 Å². The molecule has 0 radical (unpaired) electrons. The Morgan fingerprint density at radius 3 is 2.48 bits per heavy atom. The monoisotopic (exact) mass is 356 g/mol. The van der Waals surface area contributed by atoms with Crippen LogP contribution in [0.15, 0.2) is 29.4 Å². The number of likely N-dealkylation sites (tertiary alicyclic amines) is 1. The van der Waals surface area contributed by atoms with Crippen LogP contribution in [0.5, 0.6) is 0 Å². The van der Waals surface area contributed by atoms with Crippen LogP contribution in [0.2, 0.25) is 0 Å². The van der Waals surface area contributed by atoms with Crippen LogP contribution in [0.25, 0.3) is 0 Å². The van der Waals surface area contributed by atoms with Gasteiger partial charge in [0.15, 0.2) is 9.84 Å². The molecular formula is C16H24N2O3S2. The number of hydrogen-bond acceptors (Lipinski definition) is 5. The number of carbonyl (C=O) groups excluding carboxylic acids is 1. The summed E-state index contributed by atoms with van der Waals surface area (Å²) in [6.45, 7) is 4.93. The van der Waals surface area contributed by atoms with Gasteiger partial charge >= 0.3 is 0 Å². The SMILES string of the molecule is CC(C)CS(=O)(=O)C1CCN(C(=O)CSc2ccncc2)CC1. The number of thioether (sulfide) groups is 1. The Labute approximate surface area is 142 Å². The molecule has 0 aromatic carbocycles. The fourth-order valence-corrected chi connectivity index (χ4v) is 5.65. The Kier molecular flexibility index (Phi) is 6.47. The molecule has 0 unspecified atom stereocenters. The number of pyridine rings is 1. The van der Waals surface area contributed by atoms with Crippen LogP contribution < -0.4 is 0 Å². The van der Waals surface area contributed by atoms with E-state index in [9.17, 15) is 13.2 Å². The van der Waals surface area contributed by atoms with Crippen molar-refractivity contribution in [2.24, 2.45) is 5.92 Å². The van der Waals surface area contributed by atoms with Crippen molar-refractivity contribution < 1.29 is 13.2 Å². The molecule has 1 aliphatic rings. The zero-order chi connectivity index (χ0) is 16.9. The normalized spacial score (nSPS) is 16.7. The third-order valence-corrected chi connectivity index (χ3v) is 7.50. The lowest BCUT2D eigenvalue weighted by molar-refractivity contribution is -0.129. The number of amides is 1. The van der Waals surface area contributed by atoms with Crippen LogP contribution in [-0.4, -0.2) is 54.1 Å². The van der Waals surface area contributed by atoms with Gasteiger partial charge in [0.25, 0.3) is 0 Å². The number of aromatic nitrogens is 1. The molecule has 0 saturated carbocycles. The molecular weight excluding hydrogens is 332 g/mol. The van der Waals surface area contributed by atoms with Crippen LogP contribution >= 0.6 is 11.8 Å². The van der Waals surface area contributed by atoms with E-state index in [4.69, 9.17) is 0 Å². The summed E-state index contributed by atoms with van der Waals surface area (Å²) in [5.41, 5.74) is 0. The molecule has 128 valence electrons. The standard InChI is InChI=1S/C16H24N2O3S2/c1-13(2)12-23(20,21)15-5-9-18(10-6-15)16(19)11-22-14-3-7-17-8-4-14/h3-4,7-8,13,15H,5-6,9-12H2,1-2H3. The zero-order valence-corrected chi connectivity index (χ0v) is 15.3. The number of hydrogen-bond donors (Lipinski definition) is 0. The molecule has 0 spiro atoms. The van der Waals surface area contributed by atoms with Gasteiger partial charge < -0.3 is 4.90 Å². The zero-order valence-electron chi connectivity index (χ0n) is 13.6. The molecule has 1 aromatic heterocycles. The third kappa shape index (κ3) is 5.49. The first-order chi connectivity index (χ1) is 10.9. The van der Waals surface area contributed by atoms with Crippen molar-refractivity contribution in [3.8, 4) is 0 Å². The fourth-order valence-electron chi connectivity index (χ4n) is 2.74. The van der Waals surface area contributed by atoms with E-state index >= 15 is 0 Å². The van der Waals surface area contributed by atoms with Gasteiger partial charge in [0.1, 0.15) is 0 Å². The van der Waals surface area contributed by atoms with Gasteiger partial charge in [0.2, 0.25) is 5.91 Å². The van der Waals surface area contributed by atoms with Gasteiger partial charge in [0, 0.05) is 30.4 Å². The van der Waals surface area contributed by atoms with Gasteiger partial charge in [-0.2, -0.15) is 0 Å². The predicted octanol–water partition coefficient (Wildman–Crippen LogP) is 2.24. The average molecular weight is 357 g/mol. The summed E-state index contributed by atoms with van der Waals surface area (Å²) < 4.78 is 24.5. The van der Waals surface area contributed by atoms with Crippen LogP contribution in [-0.2, 0) is 14.6 Å². The average Bonchev–Trinajstić information content (AvgIpc) is 2.52. The van der Waals surface area contributed by atoms with Gasteiger partial charge in [-0.3, -0.25) is 9.78 Å². The molecule has 5 nitrogen and oxygen atoms in total. The number of piperidine rings is 1. The molecule has 1 amide bonds. The second kappa shape index (κ2) is 8.15. The summed E-state index contributed by atoms with van der Waals surface area (Å²) in [7, 11) is -3.04. The van der Waals surface area contributed by atoms with Gasteiger partial charge in [-0.15, -0.1) is 11.8 Å². The third-order valence-electron chi connectivity index (χ3n) is 3.88. The Morgan fingerprint density at radius 2 is 1.91 bits per heavy atom. The van der Waals surface area contributed by atoms with Gasteiger partial charge in [-0.25, -0.2) is 8.42 Å². The lowest BCUT2D eigenvalue weighted by Gasteiger charge is -2.32. The number of carbonyl (C=O) groups is 1. The molecule has 0 atom stereocenters. The van der Waals surface area contributed by atoms with Crippen molar-refractivity contribution >= 4 is 27.5 Å². The maximum absolute atomic E-state index is 12.3. The molecule has 0 bridgehead atoms. The maximum Gasteiger partial charge on any atom is 0.232 e. The minimum absolute atomic E-state index is 0.0755. The van der Waals surface area contributed by atoms with E-state index in [2.05, 4.69) is 4.98 Å². The largest absolute Gasteiger partial charge is 0.342 e. The molecule has 0 aliphatic carbocycles. The van der Waals surface area contributed by atoms with E-state index in [1.54, 1.807) is 17.3 Å². The van der Waals surface area contributed by atoms with E-state index in [0.717, 1.165) is 4.90 Å². The molecule has 1 aliphatic heterocycles. The summed E-state index contributed by atoms with van der Waals surface area (Å²) >= 11 is 1.49. The van der Waals surface area contributed by atoms with Crippen molar-refractivity contribution in [2.45, 2.75) is 36.8 Å². The highest BCUT2D eigenvalue weighted by Crippen LogP contribution is 2.22. The number of sulfone groups is 1. The van der Waals surface area contributed by atoms with Gasteiger partial charge in [-0.1, -0.05) is 13.8 Å². The van der Waals surface area contributed by atoms with Crippen molar-refractivity contribution in [1.29, 1.82) is 0 Å². The van der Waals surface area contributed by atoms with E-state index < -0.39 is 9.84 Å². The molecule has 2 rings (SSSR count). The van der Waals surface area contributed by atoms with Gasteiger partial charge in [0.05, 0.1) is 16.8 Å². The van der Waals surface area contributed by atoms with Crippen LogP contribution in [0.4, 0.5) is 0 Å². The van der Waals surface area contributed by atoms with E-state index in [1.807, 2.05) is 26.0 Å². The second-order valence-electron chi connectivity index (χ2n) is 6.28. The Balaban J connectivity index is 1.81. The number of rotatable bonds is 6. The maximum atomic E-state index is 12.3. The Bertz CT molecular complexity index is 609. The van der Waals surface area contributed by atoms with Crippen molar-refractivity contribution in [3.63, 3.8) is 0 Å². The van der Waals surface area contributed by atoms with Crippen LogP contribution in [0, 0.1) is 5.92 Å². The second-order valence-corrected chi connectivity index (χ2v) is 9.65. The first-order valence-corrected chi connectivity index (χ1v) is 10.6. The summed E-state index contributed by atoms with van der Waals surface area (Å²) in [6, 6.07) is 3.76. The highest BCUT2D eigenvalue weighted by atomic mass is 32.2. The quantitative estimate of drug-likeness (QED) is 0.731. The highest BCUT2D eigenvalue weighted by molar-refractivity contribution is 8.00. The molecule has 0 N–H and O–H groups in total. The van der Waals surface area contributed by atoms with E-state index in [-0.39, 0.29) is 22.8 Å². The van der Waals surface area contributed by atoms with E-state index in [0.29, 0.717) is 31.7 Å². The molecule has 23 heavy (non-hydrogen) atoms. The molecule has 2 heterocycles. The topological polar surface area (TPSA) is 67.3 Å². The van der Waals surface area contributed by atoms with Crippen LogP contribution in [0.1, 0.15) is 26.7 Å². The van der Waals surface area contributed by atoms with Crippen molar-refractivity contribution in [2.75, 3.05) is 24.6 Å². The highest BCUT2D eigenvalue weighted by Gasteiger charge is 2.31. The summed E-state index contributed by atoms with van der Waals surface area (Å²) in [5.74, 6) is 0.847. The molecule has 1 fully saturated rings. The van der Waals surface area contributed by atoms with Crippen molar-refractivity contribution in [3.05, 3.63) is 24.5 Å². The minimum atomic E-state index is -3.04. The summed E-state index contributed by atoms with van der Waals surface area (Å²) in [4.78, 5) is 19.0. The summed E-state index contributed by atoms with van der Waals surface area (Å²) in [6.07, 6.45) is 4.53. The first kappa shape index (κ1) is 18.3. The smallest absolute Gasteiger partial charge is 0.232 e. The molecule has 1 aromatic rings. The lowest BCUT2D eigenvalue weighted by Crippen LogP contribution is -2.44. The Morgan fingerprint density at radius 1 is 1.30 bits per heavy atom. The lowest BCUT2D eigenvalue weighted by atomic mass is 10.1. The fraction of sp³-hybridized carbons (Fsp3) is 0.625. The predicted molar refractivity (Wildman–Crippen MR) is 93.2 cm³/mol. The van der Waals surface area contributed by atoms with Gasteiger partial charge in [-0.05, 0) is 30.9 Å². The number of nitrogens with zero attached hydrogens (tertiary/aromatic N) is 2. The van der Waals surface area contributed by atoms with Crippen LogP contribution in [0.3, 0.4) is 0 Å². The van der Waals surface area contributed by atoms with E-state index in [1.165, 1.54) is 11.8 Å².